The average molecular weight is 338 g/mol. The van der Waals surface area contributed by atoms with Gasteiger partial charge < -0.3 is 10.4 Å². The van der Waals surface area contributed by atoms with Crippen LogP contribution in [0.3, 0.4) is 0 Å². The Labute approximate surface area is 142 Å². The molecule has 0 aliphatic rings. The minimum absolute atomic E-state index is 0.0466. The number of aryl methyl sites for hydroxylation is 1. The lowest BCUT2D eigenvalue weighted by Gasteiger charge is -2.08. The summed E-state index contributed by atoms with van der Waals surface area (Å²) in [4.78, 5) is 29.6. The van der Waals surface area contributed by atoms with Gasteiger partial charge in [0.1, 0.15) is 5.82 Å². The van der Waals surface area contributed by atoms with Crippen molar-refractivity contribution in [2.45, 2.75) is 12.8 Å². The van der Waals surface area contributed by atoms with Crippen molar-refractivity contribution in [2.24, 2.45) is 0 Å². The van der Waals surface area contributed by atoms with Crippen LogP contribution in [0.4, 0.5) is 17.2 Å². The van der Waals surface area contributed by atoms with Crippen molar-refractivity contribution in [2.75, 3.05) is 5.32 Å². The van der Waals surface area contributed by atoms with Crippen molar-refractivity contribution in [3.05, 3.63) is 64.3 Å². The van der Waals surface area contributed by atoms with E-state index >= 15 is 0 Å². The molecule has 1 aromatic heterocycles. The molecule has 0 bridgehead atoms. The van der Waals surface area contributed by atoms with E-state index < -0.39 is 10.9 Å². The van der Waals surface area contributed by atoms with Crippen molar-refractivity contribution < 1.29 is 14.8 Å². The molecule has 25 heavy (non-hydrogen) atoms. The maximum Gasteiger partial charge on any atom is 0.303 e. The Kier molecular flexibility index (Phi) is 4.51. The standard InChI is InChI=1S/C17H14N4O4/c22-17(23)7-4-11-2-1-3-12(8-11)19-16-10-18-14-6-5-13(21(24)25)9-15(14)20-16/h1-3,5-6,8-10H,4,7H2,(H,19,20)(H,22,23). The van der Waals surface area contributed by atoms with Crippen LogP contribution >= 0.6 is 0 Å². The van der Waals surface area contributed by atoms with Crippen molar-refractivity contribution in [1.82, 2.24) is 9.97 Å². The Bertz CT molecular complexity index is 958. The minimum atomic E-state index is -0.847. The highest BCUT2D eigenvalue weighted by atomic mass is 16.6. The number of nitro benzene ring substituents is 1. The van der Waals surface area contributed by atoms with E-state index in [0.29, 0.717) is 23.3 Å². The van der Waals surface area contributed by atoms with E-state index in [-0.39, 0.29) is 12.1 Å². The van der Waals surface area contributed by atoms with Crippen LogP contribution in [0.5, 0.6) is 0 Å². The number of aromatic nitrogens is 2. The molecule has 8 heteroatoms. The number of carbonyl (C=O) groups is 1. The summed E-state index contributed by atoms with van der Waals surface area (Å²) < 4.78 is 0. The molecule has 0 saturated heterocycles. The molecule has 1 heterocycles. The summed E-state index contributed by atoms with van der Waals surface area (Å²) in [6, 6.07) is 11.6. The van der Waals surface area contributed by atoms with Gasteiger partial charge in [0.15, 0.2) is 0 Å². The fourth-order valence-corrected chi connectivity index (χ4v) is 2.38. The number of carboxylic acids is 1. The third kappa shape index (κ3) is 4.05. The molecule has 2 aromatic carbocycles. The molecule has 0 amide bonds. The van der Waals surface area contributed by atoms with E-state index in [1.807, 2.05) is 24.3 Å². The molecule has 0 fully saturated rings. The number of hydrogen-bond acceptors (Lipinski definition) is 6. The second-order valence-corrected chi connectivity index (χ2v) is 5.40. The molecule has 2 N–H and O–H groups in total. The zero-order valence-electron chi connectivity index (χ0n) is 13.0. The Morgan fingerprint density at radius 2 is 2.04 bits per heavy atom. The molecular weight excluding hydrogens is 324 g/mol. The molecule has 8 nitrogen and oxygen atoms in total. The van der Waals surface area contributed by atoms with Crippen LogP contribution in [-0.2, 0) is 11.2 Å². The first-order chi connectivity index (χ1) is 12.0. The molecule has 0 radical (unpaired) electrons. The van der Waals surface area contributed by atoms with Crippen LogP contribution in [0, 0.1) is 10.1 Å². The number of fused-ring (bicyclic) bond motifs is 1. The number of aliphatic carboxylic acids is 1. The number of nitro groups is 1. The minimum Gasteiger partial charge on any atom is -0.481 e. The summed E-state index contributed by atoms with van der Waals surface area (Å²) in [5.41, 5.74) is 2.56. The van der Waals surface area contributed by atoms with Crippen LogP contribution in [0.2, 0.25) is 0 Å². The van der Waals surface area contributed by atoms with E-state index in [1.54, 1.807) is 6.07 Å². The number of rotatable bonds is 6. The average Bonchev–Trinajstić information content (AvgIpc) is 2.59. The van der Waals surface area contributed by atoms with Crippen LogP contribution in [-0.4, -0.2) is 26.0 Å². The molecule has 3 rings (SSSR count). The second-order valence-electron chi connectivity index (χ2n) is 5.40. The summed E-state index contributed by atoms with van der Waals surface area (Å²) >= 11 is 0. The highest BCUT2D eigenvalue weighted by Gasteiger charge is 2.08. The topological polar surface area (TPSA) is 118 Å². The maximum atomic E-state index is 10.9. The number of non-ortho nitro benzene ring substituents is 1. The predicted octanol–water partition coefficient (Wildman–Crippen LogP) is 3.30. The number of nitrogens with zero attached hydrogens (tertiary/aromatic N) is 3. The highest BCUT2D eigenvalue weighted by Crippen LogP contribution is 2.21. The monoisotopic (exact) mass is 338 g/mol. The predicted molar refractivity (Wildman–Crippen MR) is 91.9 cm³/mol. The quantitative estimate of drug-likeness (QED) is 0.523. The van der Waals surface area contributed by atoms with Gasteiger partial charge in [-0.25, -0.2) is 4.98 Å². The van der Waals surface area contributed by atoms with E-state index in [4.69, 9.17) is 5.11 Å². The van der Waals surface area contributed by atoms with Crippen LogP contribution in [0.25, 0.3) is 11.0 Å². The SMILES string of the molecule is O=C(O)CCc1cccc(Nc2cnc3ccc([N+](=O)[O-])cc3n2)c1. The lowest BCUT2D eigenvalue weighted by Crippen LogP contribution is -1.99. The van der Waals surface area contributed by atoms with Crippen molar-refractivity contribution in [1.29, 1.82) is 0 Å². The molecule has 0 unspecified atom stereocenters. The molecule has 126 valence electrons. The zero-order valence-corrected chi connectivity index (χ0v) is 13.0. The molecule has 0 spiro atoms. The molecular formula is C17H14N4O4. The van der Waals surface area contributed by atoms with Crippen LogP contribution in [0.15, 0.2) is 48.7 Å². The molecule has 0 atom stereocenters. The summed E-state index contributed by atoms with van der Waals surface area (Å²) in [5, 5.41) is 22.7. The van der Waals surface area contributed by atoms with Gasteiger partial charge in [0.05, 0.1) is 22.2 Å². The van der Waals surface area contributed by atoms with Gasteiger partial charge >= 0.3 is 5.97 Å². The Hall–Kier alpha value is -3.55. The van der Waals surface area contributed by atoms with Gasteiger partial charge in [0.25, 0.3) is 5.69 Å². The largest absolute Gasteiger partial charge is 0.481 e. The number of benzene rings is 2. The molecule has 0 saturated carbocycles. The smallest absolute Gasteiger partial charge is 0.303 e. The summed E-state index contributed by atoms with van der Waals surface area (Å²) in [6.07, 6.45) is 2.03. The lowest BCUT2D eigenvalue weighted by molar-refractivity contribution is -0.384. The normalized spacial score (nSPS) is 10.6. The molecule has 0 aliphatic carbocycles. The van der Waals surface area contributed by atoms with Gasteiger partial charge in [0, 0.05) is 24.2 Å². The van der Waals surface area contributed by atoms with E-state index in [9.17, 15) is 14.9 Å². The lowest BCUT2D eigenvalue weighted by atomic mass is 10.1. The molecule has 3 aromatic rings. The first kappa shape index (κ1) is 16.3. The zero-order chi connectivity index (χ0) is 17.8. The highest BCUT2D eigenvalue weighted by molar-refractivity contribution is 5.78. The van der Waals surface area contributed by atoms with Crippen molar-refractivity contribution >= 4 is 34.2 Å². The number of nitrogens with one attached hydrogen (secondary N) is 1. The van der Waals surface area contributed by atoms with E-state index in [0.717, 1.165) is 11.3 Å². The first-order valence-corrected chi connectivity index (χ1v) is 7.50. The third-order valence-electron chi connectivity index (χ3n) is 3.56. The van der Waals surface area contributed by atoms with Gasteiger partial charge in [0.2, 0.25) is 0 Å². The second kappa shape index (κ2) is 6.91. The van der Waals surface area contributed by atoms with E-state index in [2.05, 4.69) is 15.3 Å². The Morgan fingerprint density at radius 1 is 1.20 bits per heavy atom. The van der Waals surface area contributed by atoms with Gasteiger partial charge in [-0.2, -0.15) is 0 Å². The maximum absolute atomic E-state index is 10.9. The van der Waals surface area contributed by atoms with Crippen molar-refractivity contribution in [3.8, 4) is 0 Å². The fourth-order valence-electron chi connectivity index (χ4n) is 2.38. The van der Waals surface area contributed by atoms with E-state index in [1.165, 1.54) is 18.3 Å². The van der Waals surface area contributed by atoms with Gasteiger partial charge in [-0.05, 0) is 30.2 Å². The number of anilines is 2. The summed E-state index contributed by atoms with van der Waals surface area (Å²) in [6.45, 7) is 0. The first-order valence-electron chi connectivity index (χ1n) is 7.50. The van der Waals surface area contributed by atoms with Crippen LogP contribution < -0.4 is 5.32 Å². The van der Waals surface area contributed by atoms with Crippen molar-refractivity contribution in [3.63, 3.8) is 0 Å². The number of hydrogen-bond donors (Lipinski definition) is 2. The van der Waals surface area contributed by atoms with Gasteiger partial charge in [-0.15, -0.1) is 0 Å². The number of carboxylic acid groups (broad SMARTS) is 1. The Morgan fingerprint density at radius 3 is 2.80 bits per heavy atom. The molecule has 0 aliphatic heterocycles. The van der Waals surface area contributed by atoms with Gasteiger partial charge in [-0.3, -0.25) is 19.9 Å². The van der Waals surface area contributed by atoms with Gasteiger partial charge in [-0.1, -0.05) is 12.1 Å². The third-order valence-corrected chi connectivity index (χ3v) is 3.56. The Balaban J connectivity index is 1.83. The van der Waals surface area contributed by atoms with Crippen LogP contribution in [0.1, 0.15) is 12.0 Å². The summed E-state index contributed by atoms with van der Waals surface area (Å²) in [7, 11) is 0. The summed E-state index contributed by atoms with van der Waals surface area (Å²) in [5.74, 6) is -0.399. The fraction of sp³-hybridized carbons (Fsp3) is 0.118.